The molecule has 0 spiro atoms. The lowest BCUT2D eigenvalue weighted by Crippen LogP contribution is -2.25. The van der Waals surface area contributed by atoms with Crippen LogP contribution >= 0.6 is 22.9 Å². The molecule has 0 aliphatic rings. The van der Waals surface area contributed by atoms with E-state index < -0.39 is 0 Å². The topological polar surface area (TPSA) is 29.1 Å². The average Bonchev–Trinajstić information content (AvgIpc) is 2.92. The number of carbonyl (C=O) groups is 1. The van der Waals surface area contributed by atoms with E-state index in [0.29, 0.717) is 18.0 Å². The van der Waals surface area contributed by atoms with Crippen LogP contribution < -0.4 is 5.32 Å². The number of rotatable bonds is 5. The van der Waals surface area contributed by atoms with E-state index in [0.717, 1.165) is 12.0 Å². The van der Waals surface area contributed by atoms with E-state index in [1.807, 2.05) is 23.6 Å². The molecule has 0 aliphatic heterocycles. The van der Waals surface area contributed by atoms with E-state index >= 15 is 0 Å². The number of alkyl halides is 1. The van der Waals surface area contributed by atoms with Gasteiger partial charge in [-0.05, 0) is 35.6 Å². The van der Waals surface area contributed by atoms with Crippen molar-refractivity contribution in [1.29, 1.82) is 0 Å². The largest absolute Gasteiger partial charge is 0.352 e. The van der Waals surface area contributed by atoms with Crippen molar-refractivity contribution >= 4 is 28.8 Å². The Kier molecular flexibility index (Phi) is 4.79. The van der Waals surface area contributed by atoms with Crippen LogP contribution in [0.25, 0.3) is 0 Å². The smallest absolute Gasteiger partial charge is 0.251 e. The minimum absolute atomic E-state index is 0.0346. The molecule has 0 radical (unpaired) electrons. The standard InChI is InChI=1S/C14H14ClNOS/c15-10-11-3-5-12(6-4-11)14(17)16-8-7-13-2-1-9-18-13/h1-6,9H,7-8,10H2,(H,16,17). The van der Waals surface area contributed by atoms with Gasteiger partial charge in [0.2, 0.25) is 0 Å². The highest BCUT2D eigenvalue weighted by Crippen LogP contribution is 2.09. The highest BCUT2D eigenvalue weighted by Gasteiger charge is 2.04. The molecule has 0 saturated heterocycles. The number of carbonyl (C=O) groups excluding carboxylic acids is 1. The predicted octanol–water partition coefficient (Wildman–Crippen LogP) is 3.46. The molecular weight excluding hydrogens is 266 g/mol. The van der Waals surface area contributed by atoms with Crippen LogP contribution in [0.4, 0.5) is 0 Å². The summed E-state index contributed by atoms with van der Waals surface area (Å²) >= 11 is 7.41. The van der Waals surface area contributed by atoms with Gasteiger partial charge in [-0.2, -0.15) is 0 Å². The molecule has 18 heavy (non-hydrogen) atoms. The Labute approximate surface area is 116 Å². The number of hydrogen-bond donors (Lipinski definition) is 1. The van der Waals surface area contributed by atoms with Crippen LogP contribution in [0.1, 0.15) is 20.8 Å². The van der Waals surface area contributed by atoms with Crippen molar-refractivity contribution in [3.8, 4) is 0 Å². The summed E-state index contributed by atoms with van der Waals surface area (Å²) in [5.74, 6) is 0.438. The molecule has 1 amide bonds. The van der Waals surface area contributed by atoms with Crippen LogP contribution in [0, 0.1) is 0 Å². The molecular formula is C14H14ClNOS. The molecule has 0 saturated carbocycles. The van der Waals surface area contributed by atoms with Crippen LogP contribution in [0.2, 0.25) is 0 Å². The lowest BCUT2D eigenvalue weighted by atomic mass is 10.1. The third-order valence-electron chi connectivity index (χ3n) is 2.61. The minimum Gasteiger partial charge on any atom is -0.352 e. The summed E-state index contributed by atoms with van der Waals surface area (Å²) < 4.78 is 0. The Balaban J connectivity index is 1.83. The first kappa shape index (κ1) is 13.1. The summed E-state index contributed by atoms with van der Waals surface area (Å²) in [6.45, 7) is 0.663. The van der Waals surface area contributed by atoms with E-state index in [-0.39, 0.29) is 5.91 Å². The quantitative estimate of drug-likeness (QED) is 0.835. The maximum atomic E-state index is 11.8. The minimum atomic E-state index is -0.0346. The van der Waals surface area contributed by atoms with Gasteiger partial charge in [0.05, 0.1) is 0 Å². The zero-order valence-corrected chi connectivity index (χ0v) is 11.4. The molecule has 1 aromatic carbocycles. The molecule has 2 aromatic rings. The summed E-state index contributed by atoms with van der Waals surface area (Å²) in [4.78, 5) is 13.1. The maximum absolute atomic E-state index is 11.8. The second-order valence-corrected chi connectivity index (χ2v) is 5.22. The Morgan fingerprint density at radius 2 is 2.00 bits per heavy atom. The molecule has 94 valence electrons. The van der Waals surface area contributed by atoms with Crippen molar-refractivity contribution in [3.63, 3.8) is 0 Å². The van der Waals surface area contributed by atoms with Crippen molar-refractivity contribution in [2.45, 2.75) is 12.3 Å². The van der Waals surface area contributed by atoms with Gasteiger partial charge >= 0.3 is 0 Å². The normalized spacial score (nSPS) is 10.3. The average molecular weight is 280 g/mol. The lowest BCUT2D eigenvalue weighted by molar-refractivity contribution is 0.0954. The van der Waals surface area contributed by atoms with Crippen LogP contribution in [-0.2, 0) is 12.3 Å². The number of thiophene rings is 1. The number of benzene rings is 1. The van der Waals surface area contributed by atoms with Gasteiger partial charge in [-0.15, -0.1) is 22.9 Å². The molecule has 1 aromatic heterocycles. The molecule has 1 heterocycles. The predicted molar refractivity (Wildman–Crippen MR) is 76.4 cm³/mol. The molecule has 1 N–H and O–H groups in total. The van der Waals surface area contributed by atoms with E-state index in [1.54, 1.807) is 23.5 Å². The first-order chi connectivity index (χ1) is 8.79. The second kappa shape index (κ2) is 6.57. The van der Waals surface area contributed by atoms with Gasteiger partial charge < -0.3 is 5.32 Å². The Morgan fingerprint density at radius 1 is 1.22 bits per heavy atom. The molecule has 0 bridgehead atoms. The number of halogens is 1. The van der Waals surface area contributed by atoms with E-state index in [4.69, 9.17) is 11.6 Å². The van der Waals surface area contributed by atoms with E-state index in [2.05, 4.69) is 11.4 Å². The first-order valence-electron chi connectivity index (χ1n) is 5.75. The number of amides is 1. The fraction of sp³-hybridized carbons (Fsp3) is 0.214. The van der Waals surface area contributed by atoms with Crippen LogP contribution in [-0.4, -0.2) is 12.5 Å². The van der Waals surface area contributed by atoms with Crippen molar-refractivity contribution in [3.05, 3.63) is 57.8 Å². The van der Waals surface area contributed by atoms with Crippen molar-refractivity contribution in [2.75, 3.05) is 6.54 Å². The highest BCUT2D eigenvalue weighted by atomic mass is 35.5. The van der Waals surface area contributed by atoms with Gasteiger partial charge in [0, 0.05) is 22.9 Å². The molecule has 4 heteroatoms. The van der Waals surface area contributed by atoms with Gasteiger partial charge in [0.15, 0.2) is 0 Å². The van der Waals surface area contributed by atoms with E-state index in [1.165, 1.54) is 4.88 Å². The van der Waals surface area contributed by atoms with Crippen molar-refractivity contribution in [1.82, 2.24) is 5.32 Å². The third kappa shape index (κ3) is 3.59. The molecule has 2 nitrogen and oxygen atoms in total. The SMILES string of the molecule is O=C(NCCc1cccs1)c1ccc(CCl)cc1. The summed E-state index contributed by atoms with van der Waals surface area (Å²) in [6, 6.07) is 11.5. The van der Waals surface area contributed by atoms with Gasteiger partial charge in [0.25, 0.3) is 5.91 Å². The first-order valence-corrected chi connectivity index (χ1v) is 7.16. The van der Waals surface area contributed by atoms with E-state index in [9.17, 15) is 4.79 Å². The molecule has 0 fully saturated rings. The van der Waals surface area contributed by atoms with Gasteiger partial charge in [0.1, 0.15) is 0 Å². The number of hydrogen-bond acceptors (Lipinski definition) is 2. The monoisotopic (exact) mass is 279 g/mol. The molecule has 0 atom stereocenters. The van der Waals surface area contributed by atoms with Gasteiger partial charge in [-0.3, -0.25) is 4.79 Å². The van der Waals surface area contributed by atoms with Gasteiger partial charge in [-0.1, -0.05) is 18.2 Å². The fourth-order valence-electron chi connectivity index (χ4n) is 1.60. The van der Waals surface area contributed by atoms with Crippen LogP contribution in [0.3, 0.4) is 0 Å². The third-order valence-corrected chi connectivity index (χ3v) is 3.85. The molecule has 0 unspecified atom stereocenters. The summed E-state index contributed by atoms with van der Waals surface area (Å²) in [5.41, 5.74) is 1.70. The summed E-state index contributed by atoms with van der Waals surface area (Å²) in [5, 5.41) is 4.95. The van der Waals surface area contributed by atoms with Crippen LogP contribution in [0.5, 0.6) is 0 Å². The zero-order valence-electron chi connectivity index (χ0n) is 9.86. The van der Waals surface area contributed by atoms with Crippen molar-refractivity contribution < 1.29 is 4.79 Å². The zero-order chi connectivity index (χ0) is 12.8. The highest BCUT2D eigenvalue weighted by molar-refractivity contribution is 7.09. The van der Waals surface area contributed by atoms with Crippen molar-refractivity contribution in [2.24, 2.45) is 0 Å². The van der Waals surface area contributed by atoms with Gasteiger partial charge in [-0.25, -0.2) is 0 Å². The Bertz CT molecular complexity index is 493. The lowest BCUT2D eigenvalue weighted by Gasteiger charge is -2.04. The fourth-order valence-corrected chi connectivity index (χ4v) is 2.49. The Hall–Kier alpha value is -1.32. The molecule has 0 aliphatic carbocycles. The Morgan fingerprint density at radius 3 is 2.61 bits per heavy atom. The maximum Gasteiger partial charge on any atom is 0.251 e. The summed E-state index contributed by atoms with van der Waals surface area (Å²) in [6.07, 6.45) is 0.878. The molecule has 2 rings (SSSR count). The second-order valence-electron chi connectivity index (χ2n) is 3.92. The summed E-state index contributed by atoms with van der Waals surface area (Å²) in [7, 11) is 0. The number of nitrogens with one attached hydrogen (secondary N) is 1. The van der Waals surface area contributed by atoms with Crippen LogP contribution in [0.15, 0.2) is 41.8 Å².